The van der Waals surface area contributed by atoms with Crippen molar-refractivity contribution in [1.29, 1.82) is 0 Å². The highest BCUT2D eigenvalue weighted by atomic mass is 79.9. The number of halogens is 1. The predicted octanol–water partition coefficient (Wildman–Crippen LogP) is 5.36. The molecule has 0 heterocycles. The van der Waals surface area contributed by atoms with Crippen LogP contribution in [-0.2, 0) is 5.41 Å². The maximum Gasteiger partial charge on any atom is 0.347 e. The number of rotatable bonds is 4. The molecule has 0 aliphatic carbocycles. The first-order chi connectivity index (χ1) is 10.8. The molecule has 0 amide bonds. The lowest BCUT2D eigenvalue weighted by molar-refractivity contribution is 0.0730. The van der Waals surface area contributed by atoms with E-state index in [9.17, 15) is 4.79 Å². The van der Waals surface area contributed by atoms with E-state index in [-0.39, 0.29) is 5.41 Å². The van der Waals surface area contributed by atoms with E-state index >= 15 is 0 Å². The Labute approximate surface area is 145 Å². The average Bonchev–Trinajstić information content (AvgIpc) is 2.49. The minimum Gasteiger partial charge on any atom is -0.493 e. The van der Waals surface area contributed by atoms with Crippen molar-refractivity contribution in [3.05, 3.63) is 58.1 Å². The van der Waals surface area contributed by atoms with Crippen LogP contribution in [0.1, 0.15) is 43.6 Å². The zero-order chi connectivity index (χ0) is 17.0. The molecule has 0 saturated heterocycles. The first-order valence-electron chi connectivity index (χ1n) is 7.56. The first-order valence-corrected chi connectivity index (χ1v) is 8.35. The zero-order valence-electron chi connectivity index (χ0n) is 13.9. The summed E-state index contributed by atoms with van der Waals surface area (Å²) >= 11 is 3.37. The van der Waals surface area contributed by atoms with Gasteiger partial charge in [0.1, 0.15) is 17.1 Å². The standard InChI is InChI=1S/C19H21BrO3/c1-5-22-17-11-8-14(20)12-16(17)18(21)23-15-9-6-13(7-10-15)19(2,3)4/h6-12H,5H2,1-4H3. The summed E-state index contributed by atoms with van der Waals surface area (Å²) in [5.74, 6) is 0.607. The third-order valence-corrected chi connectivity index (χ3v) is 3.89. The van der Waals surface area contributed by atoms with Gasteiger partial charge in [-0.1, -0.05) is 48.8 Å². The van der Waals surface area contributed by atoms with Crippen molar-refractivity contribution in [3.63, 3.8) is 0 Å². The molecule has 0 fully saturated rings. The van der Waals surface area contributed by atoms with Crippen LogP contribution in [0.15, 0.2) is 46.9 Å². The van der Waals surface area contributed by atoms with Crippen LogP contribution in [0.5, 0.6) is 11.5 Å². The summed E-state index contributed by atoms with van der Waals surface area (Å²) in [6, 6.07) is 12.9. The van der Waals surface area contributed by atoms with Crippen LogP contribution in [0.2, 0.25) is 0 Å². The van der Waals surface area contributed by atoms with E-state index in [1.165, 1.54) is 5.56 Å². The molecule has 0 aromatic heterocycles. The monoisotopic (exact) mass is 376 g/mol. The third kappa shape index (κ3) is 4.58. The Morgan fingerprint density at radius 2 is 1.74 bits per heavy atom. The van der Waals surface area contributed by atoms with Gasteiger partial charge in [-0.25, -0.2) is 4.79 Å². The number of esters is 1. The van der Waals surface area contributed by atoms with Crippen LogP contribution in [0.3, 0.4) is 0 Å². The van der Waals surface area contributed by atoms with Crippen LogP contribution in [0.25, 0.3) is 0 Å². The molecule has 0 atom stereocenters. The summed E-state index contributed by atoms with van der Waals surface area (Å²) in [5.41, 5.74) is 1.66. The molecule has 2 rings (SSSR count). The summed E-state index contributed by atoms with van der Waals surface area (Å²) in [4.78, 5) is 12.4. The van der Waals surface area contributed by atoms with E-state index in [1.54, 1.807) is 12.1 Å². The predicted molar refractivity (Wildman–Crippen MR) is 95.4 cm³/mol. The molecule has 4 heteroatoms. The zero-order valence-corrected chi connectivity index (χ0v) is 15.4. The smallest absolute Gasteiger partial charge is 0.347 e. The number of hydrogen-bond acceptors (Lipinski definition) is 3. The van der Waals surface area contributed by atoms with Crippen LogP contribution < -0.4 is 9.47 Å². The van der Waals surface area contributed by atoms with E-state index in [2.05, 4.69) is 36.7 Å². The van der Waals surface area contributed by atoms with E-state index in [4.69, 9.17) is 9.47 Å². The van der Waals surface area contributed by atoms with Gasteiger partial charge in [0.05, 0.1) is 6.61 Å². The van der Waals surface area contributed by atoms with Crippen LogP contribution in [-0.4, -0.2) is 12.6 Å². The highest BCUT2D eigenvalue weighted by molar-refractivity contribution is 9.10. The molecule has 0 spiro atoms. The molecule has 122 valence electrons. The Kier molecular flexibility index (Phi) is 5.47. The summed E-state index contributed by atoms with van der Waals surface area (Å²) in [5, 5.41) is 0. The second kappa shape index (κ2) is 7.18. The van der Waals surface area contributed by atoms with Gasteiger partial charge in [0, 0.05) is 4.47 Å². The van der Waals surface area contributed by atoms with Crippen molar-refractivity contribution < 1.29 is 14.3 Å². The quantitative estimate of drug-likeness (QED) is 0.531. The summed E-state index contributed by atoms with van der Waals surface area (Å²) < 4.78 is 11.8. The third-order valence-electron chi connectivity index (χ3n) is 3.39. The molecule has 0 bridgehead atoms. The molecule has 0 aliphatic rings. The van der Waals surface area contributed by atoms with E-state index in [0.717, 1.165) is 4.47 Å². The van der Waals surface area contributed by atoms with Gasteiger partial charge in [-0.3, -0.25) is 0 Å². The lowest BCUT2D eigenvalue weighted by Gasteiger charge is -2.19. The molecule has 0 N–H and O–H groups in total. The van der Waals surface area contributed by atoms with Crippen molar-refractivity contribution in [3.8, 4) is 11.5 Å². The number of carbonyl (C=O) groups is 1. The summed E-state index contributed by atoms with van der Waals surface area (Å²) in [6.45, 7) is 8.79. The largest absolute Gasteiger partial charge is 0.493 e. The Morgan fingerprint density at radius 3 is 2.30 bits per heavy atom. The van der Waals surface area contributed by atoms with Crippen molar-refractivity contribution in [2.45, 2.75) is 33.1 Å². The number of carbonyl (C=O) groups excluding carboxylic acids is 1. The van der Waals surface area contributed by atoms with E-state index in [0.29, 0.717) is 23.7 Å². The van der Waals surface area contributed by atoms with Gasteiger partial charge in [0.15, 0.2) is 0 Å². The molecule has 0 saturated carbocycles. The van der Waals surface area contributed by atoms with Crippen molar-refractivity contribution >= 4 is 21.9 Å². The molecule has 0 radical (unpaired) electrons. The van der Waals surface area contributed by atoms with Gasteiger partial charge in [-0.2, -0.15) is 0 Å². The number of hydrogen-bond donors (Lipinski definition) is 0. The lowest BCUT2D eigenvalue weighted by Crippen LogP contribution is -2.12. The highest BCUT2D eigenvalue weighted by Gasteiger charge is 2.17. The lowest BCUT2D eigenvalue weighted by atomic mass is 9.87. The Bertz CT molecular complexity index is 685. The van der Waals surface area contributed by atoms with Crippen molar-refractivity contribution in [2.75, 3.05) is 6.61 Å². The van der Waals surface area contributed by atoms with Gasteiger partial charge < -0.3 is 9.47 Å². The molecule has 2 aromatic carbocycles. The molecule has 2 aromatic rings. The van der Waals surface area contributed by atoms with Gasteiger partial charge in [0.2, 0.25) is 0 Å². The van der Waals surface area contributed by atoms with Gasteiger partial charge in [-0.15, -0.1) is 0 Å². The summed E-state index contributed by atoms with van der Waals surface area (Å²) in [6.07, 6.45) is 0. The fraction of sp³-hybridized carbons (Fsp3) is 0.316. The second-order valence-corrected chi connectivity index (χ2v) is 7.15. The topological polar surface area (TPSA) is 35.5 Å². The molecular formula is C19H21BrO3. The van der Waals surface area contributed by atoms with Crippen LogP contribution in [0, 0.1) is 0 Å². The Balaban J connectivity index is 2.20. The maximum absolute atomic E-state index is 12.4. The van der Waals surface area contributed by atoms with Gasteiger partial charge >= 0.3 is 5.97 Å². The van der Waals surface area contributed by atoms with Crippen molar-refractivity contribution in [1.82, 2.24) is 0 Å². The van der Waals surface area contributed by atoms with Gasteiger partial charge in [-0.05, 0) is 48.2 Å². The first kappa shape index (κ1) is 17.5. The van der Waals surface area contributed by atoms with Gasteiger partial charge in [0.25, 0.3) is 0 Å². The molecule has 0 unspecified atom stereocenters. The Hall–Kier alpha value is -1.81. The highest BCUT2D eigenvalue weighted by Crippen LogP contribution is 2.27. The fourth-order valence-corrected chi connectivity index (χ4v) is 2.49. The molecule has 3 nitrogen and oxygen atoms in total. The molecule has 23 heavy (non-hydrogen) atoms. The molecular weight excluding hydrogens is 356 g/mol. The van der Waals surface area contributed by atoms with E-state index in [1.807, 2.05) is 37.3 Å². The SMILES string of the molecule is CCOc1ccc(Br)cc1C(=O)Oc1ccc(C(C)(C)C)cc1. The number of benzene rings is 2. The van der Waals surface area contributed by atoms with Crippen LogP contribution in [0.4, 0.5) is 0 Å². The Morgan fingerprint density at radius 1 is 1.09 bits per heavy atom. The minimum absolute atomic E-state index is 0.0645. The average molecular weight is 377 g/mol. The molecule has 0 aliphatic heterocycles. The van der Waals surface area contributed by atoms with Crippen LogP contribution >= 0.6 is 15.9 Å². The second-order valence-electron chi connectivity index (χ2n) is 6.24. The summed E-state index contributed by atoms with van der Waals surface area (Å²) in [7, 11) is 0. The van der Waals surface area contributed by atoms with E-state index < -0.39 is 5.97 Å². The van der Waals surface area contributed by atoms with Crippen molar-refractivity contribution in [2.24, 2.45) is 0 Å². The maximum atomic E-state index is 12.4. The number of ether oxygens (including phenoxy) is 2. The normalized spacial score (nSPS) is 11.2. The fourth-order valence-electron chi connectivity index (χ4n) is 2.13. The minimum atomic E-state index is -0.432.